The first-order chi connectivity index (χ1) is 12.0. The fourth-order valence-corrected chi connectivity index (χ4v) is 2.79. The maximum atomic E-state index is 12.0. The number of rotatable bonds is 7. The average molecular weight is 342 g/mol. The molecule has 132 valence electrons. The summed E-state index contributed by atoms with van der Waals surface area (Å²) in [5, 5.41) is 2.90. The molecule has 1 N–H and O–H groups in total. The summed E-state index contributed by atoms with van der Waals surface area (Å²) < 4.78 is 8.72. The summed E-state index contributed by atoms with van der Waals surface area (Å²) in [6.07, 6.45) is 6.47. The van der Waals surface area contributed by atoms with Crippen LogP contribution in [0.4, 0.5) is 0 Å². The van der Waals surface area contributed by atoms with Crippen molar-refractivity contribution < 1.29 is 9.21 Å². The second-order valence-corrected chi connectivity index (χ2v) is 6.24. The average Bonchev–Trinajstić information content (AvgIpc) is 3.20. The van der Waals surface area contributed by atoms with Crippen LogP contribution in [0.15, 0.2) is 46.1 Å². The molecular weight excluding hydrogens is 320 g/mol. The fourth-order valence-electron chi connectivity index (χ4n) is 2.79. The minimum absolute atomic E-state index is 0.0771. The van der Waals surface area contributed by atoms with Crippen LogP contribution < -0.4 is 11.1 Å². The van der Waals surface area contributed by atoms with Crippen LogP contribution in [0.2, 0.25) is 0 Å². The van der Waals surface area contributed by atoms with Crippen LogP contribution >= 0.6 is 0 Å². The quantitative estimate of drug-likeness (QED) is 0.714. The topological polar surface area (TPSA) is 82.1 Å². The van der Waals surface area contributed by atoms with Gasteiger partial charge in [0.05, 0.1) is 11.8 Å². The number of oxazole rings is 1. The lowest BCUT2D eigenvalue weighted by atomic mass is 10.2. The number of aromatic nitrogens is 3. The Hall–Kier alpha value is -2.83. The van der Waals surface area contributed by atoms with E-state index in [9.17, 15) is 9.59 Å². The van der Waals surface area contributed by atoms with Crippen LogP contribution in [0.1, 0.15) is 31.4 Å². The molecule has 3 aromatic rings. The smallest absolute Gasteiger partial charge is 0.408 e. The maximum Gasteiger partial charge on any atom is 0.419 e. The molecule has 0 fully saturated rings. The number of carbonyl (C=O) groups is 1. The highest BCUT2D eigenvalue weighted by atomic mass is 16.4. The van der Waals surface area contributed by atoms with Gasteiger partial charge >= 0.3 is 5.76 Å². The molecule has 2 aromatic heterocycles. The molecule has 0 saturated carbocycles. The lowest BCUT2D eigenvalue weighted by molar-refractivity contribution is -0.121. The fraction of sp³-hybridized carbons (Fsp3) is 0.389. The summed E-state index contributed by atoms with van der Waals surface area (Å²) in [7, 11) is 0. The van der Waals surface area contributed by atoms with Crippen molar-refractivity contribution in [2.45, 2.75) is 39.3 Å². The summed E-state index contributed by atoms with van der Waals surface area (Å²) in [4.78, 5) is 28.0. The largest absolute Gasteiger partial charge is 0.419 e. The van der Waals surface area contributed by atoms with Gasteiger partial charge in [-0.25, -0.2) is 9.78 Å². The second-order valence-electron chi connectivity index (χ2n) is 6.24. The van der Waals surface area contributed by atoms with E-state index in [0.29, 0.717) is 18.7 Å². The Morgan fingerprint density at radius 1 is 1.40 bits per heavy atom. The van der Waals surface area contributed by atoms with E-state index in [-0.39, 0.29) is 18.4 Å². The van der Waals surface area contributed by atoms with Gasteiger partial charge in [-0.15, -0.1) is 0 Å². The number of imidazole rings is 1. The minimum Gasteiger partial charge on any atom is -0.408 e. The molecule has 1 unspecified atom stereocenters. The molecule has 3 rings (SSSR count). The van der Waals surface area contributed by atoms with Crippen molar-refractivity contribution in [1.82, 2.24) is 19.4 Å². The van der Waals surface area contributed by atoms with E-state index >= 15 is 0 Å². The molecule has 1 aromatic carbocycles. The lowest BCUT2D eigenvalue weighted by Crippen LogP contribution is -2.28. The third-order valence-electron chi connectivity index (χ3n) is 4.30. The van der Waals surface area contributed by atoms with Crippen LogP contribution in [-0.2, 0) is 11.3 Å². The Morgan fingerprint density at radius 3 is 3.00 bits per heavy atom. The molecule has 0 saturated heterocycles. The summed E-state index contributed by atoms with van der Waals surface area (Å²) in [5.41, 5.74) is 2.32. The first kappa shape index (κ1) is 17.0. The molecule has 7 heteroatoms. The van der Waals surface area contributed by atoms with Crippen molar-refractivity contribution in [1.29, 1.82) is 0 Å². The van der Waals surface area contributed by atoms with Gasteiger partial charge in [-0.1, -0.05) is 6.07 Å². The zero-order valence-corrected chi connectivity index (χ0v) is 14.4. The van der Waals surface area contributed by atoms with Gasteiger partial charge in [-0.2, -0.15) is 0 Å². The molecule has 1 amide bonds. The van der Waals surface area contributed by atoms with E-state index in [1.165, 1.54) is 4.57 Å². The summed E-state index contributed by atoms with van der Waals surface area (Å²) >= 11 is 0. The molecular formula is C18H22N4O3. The number of amides is 1. The van der Waals surface area contributed by atoms with Crippen molar-refractivity contribution in [3.05, 3.63) is 53.0 Å². The normalized spacial score (nSPS) is 12.4. The van der Waals surface area contributed by atoms with Gasteiger partial charge in [0, 0.05) is 37.9 Å². The number of aryl methyl sites for hydroxylation is 2. The molecule has 0 bridgehead atoms. The number of hydrogen-bond donors (Lipinski definition) is 1. The number of nitrogens with one attached hydrogen (secondary N) is 1. The summed E-state index contributed by atoms with van der Waals surface area (Å²) in [5.74, 6) is -0.506. The second kappa shape index (κ2) is 7.38. The maximum absolute atomic E-state index is 12.0. The van der Waals surface area contributed by atoms with E-state index in [0.717, 1.165) is 17.5 Å². The monoisotopic (exact) mass is 342 g/mol. The van der Waals surface area contributed by atoms with E-state index in [2.05, 4.69) is 17.2 Å². The highest BCUT2D eigenvalue weighted by Gasteiger charge is 2.11. The van der Waals surface area contributed by atoms with Crippen molar-refractivity contribution in [2.75, 3.05) is 6.54 Å². The minimum atomic E-state index is -0.429. The number of hydrogen-bond acceptors (Lipinski definition) is 4. The molecule has 7 nitrogen and oxygen atoms in total. The van der Waals surface area contributed by atoms with Crippen LogP contribution in [-0.4, -0.2) is 26.6 Å². The Kier molecular flexibility index (Phi) is 5.02. The summed E-state index contributed by atoms with van der Waals surface area (Å²) in [6, 6.07) is 5.83. The highest BCUT2D eigenvalue weighted by Crippen LogP contribution is 2.15. The van der Waals surface area contributed by atoms with E-state index < -0.39 is 5.76 Å². The zero-order valence-electron chi connectivity index (χ0n) is 14.4. The molecule has 0 radical (unpaired) electrons. The summed E-state index contributed by atoms with van der Waals surface area (Å²) in [6.45, 7) is 4.92. The molecule has 0 aliphatic carbocycles. The Balaban J connectivity index is 1.52. The van der Waals surface area contributed by atoms with Crippen molar-refractivity contribution in [3.63, 3.8) is 0 Å². The zero-order chi connectivity index (χ0) is 17.8. The molecule has 0 spiro atoms. The van der Waals surface area contributed by atoms with Crippen molar-refractivity contribution in [3.8, 4) is 0 Å². The van der Waals surface area contributed by atoms with Gasteiger partial charge in [-0.3, -0.25) is 9.36 Å². The van der Waals surface area contributed by atoms with Crippen LogP contribution in [0.3, 0.4) is 0 Å². The Morgan fingerprint density at radius 2 is 2.24 bits per heavy atom. The standard InChI is InChI=1S/C18H22N4O3/c1-13-3-4-16-15(11-13)22(18(24)25-16)9-6-17(23)20-7-5-14(2)21-10-8-19-12-21/h3-4,8,10-12,14H,5-7,9H2,1-2H3,(H,20,23). The number of fused-ring (bicyclic) bond motifs is 1. The van der Waals surface area contributed by atoms with Crippen molar-refractivity contribution in [2.24, 2.45) is 0 Å². The molecule has 0 aliphatic heterocycles. The number of nitrogens with zero attached hydrogens (tertiary/aromatic N) is 3. The van der Waals surface area contributed by atoms with Crippen LogP contribution in [0.25, 0.3) is 11.1 Å². The van der Waals surface area contributed by atoms with Gasteiger partial charge in [0.15, 0.2) is 5.58 Å². The highest BCUT2D eigenvalue weighted by molar-refractivity contribution is 5.77. The first-order valence-electron chi connectivity index (χ1n) is 8.39. The molecule has 0 aliphatic rings. The van der Waals surface area contributed by atoms with E-state index in [1.807, 2.05) is 29.8 Å². The third kappa shape index (κ3) is 3.99. The molecule has 1 atom stereocenters. The van der Waals surface area contributed by atoms with Crippen molar-refractivity contribution >= 4 is 17.0 Å². The van der Waals surface area contributed by atoms with E-state index in [1.54, 1.807) is 18.6 Å². The van der Waals surface area contributed by atoms with Crippen LogP contribution in [0, 0.1) is 6.92 Å². The number of benzene rings is 1. The third-order valence-corrected chi connectivity index (χ3v) is 4.30. The Labute approximate surface area is 145 Å². The predicted molar refractivity (Wildman–Crippen MR) is 94.4 cm³/mol. The SMILES string of the molecule is Cc1ccc2oc(=O)n(CCC(=O)NCCC(C)n3ccnc3)c2c1. The van der Waals surface area contributed by atoms with E-state index in [4.69, 9.17) is 4.42 Å². The van der Waals surface area contributed by atoms with Gasteiger partial charge in [-0.05, 0) is 38.0 Å². The van der Waals surface area contributed by atoms with Crippen LogP contribution in [0.5, 0.6) is 0 Å². The van der Waals surface area contributed by atoms with Gasteiger partial charge < -0.3 is 14.3 Å². The first-order valence-corrected chi connectivity index (χ1v) is 8.39. The lowest BCUT2D eigenvalue weighted by Gasteiger charge is -2.13. The molecule has 25 heavy (non-hydrogen) atoms. The Bertz CT molecular complexity index is 908. The molecule has 2 heterocycles. The number of carbonyl (C=O) groups excluding carboxylic acids is 1. The van der Waals surface area contributed by atoms with Gasteiger partial charge in [0.25, 0.3) is 0 Å². The predicted octanol–water partition coefficient (Wildman–Crippen LogP) is 2.26. The van der Waals surface area contributed by atoms with Gasteiger partial charge in [0.2, 0.25) is 5.91 Å². The van der Waals surface area contributed by atoms with Gasteiger partial charge in [0.1, 0.15) is 0 Å².